The van der Waals surface area contributed by atoms with E-state index in [4.69, 9.17) is 15.0 Å². The molecule has 0 spiro atoms. The summed E-state index contributed by atoms with van der Waals surface area (Å²) in [6.45, 7) is 0. The first kappa shape index (κ1) is 32.7. The van der Waals surface area contributed by atoms with Crippen LogP contribution in [-0.2, 0) is 0 Å². The molecule has 0 aliphatic heterocycles. The zero-order chi connectivity index (χ0) is 37.7. The standard InChI is InChI=1S/C53H34N4/c1-5-15-36(16-6-1)47-34-48(55-53(54-47)39-19-9-3-10-20-39)37-27-25-35(26-28-37)40-29-32-49-46(33-40)45-31-30-44-42-23-13-14-24-43(42)50(38-17-7-2-8-18-38)56-51(44)52(45)57(49)41-21-11-4-12-22-41/h1-34H. The molecule has 11 rings (SSSR count). The molecule has 0 fully saturated rings. The fourth-order valence-electron chi connectivity index (χ4n) is 8.26. The van der Waals surface area contributed by atoms with E-state index in [1.165, 1.54) is 16.2 Å². The maximum absolute atomic E-state index is 5.52. The van der Waals surface area contributed by atoms with E-state index in [1.807, 2.05) is 36.4 Å². The van der Waals surface area contributed by atoms with Gasteiger partial charge in [0.05, 0.1) is 33.6 Å². The Kier molecular flexibility index (Phi) is 7.78. The van der Waals surface area contributed by atoms with Crippen molar-refractivity contribution in [2.45, 2.75) is 0 Å². The van der Waals surface area contributed by atoms with Gasteiger partial charge in [-0.2, -0.15) is 0 Å². The van der Waals surface area contributed by atoms with Crippen molar-refractivity contribution in [2.75, 3.05) is 0 Å². The minimum Gasteiger partial charge on any atom is -0.307 e. The molecule has 0 radical (unpaired) electrons. The lowest BCUT2D eigenvalue weighted by Crippen LogP contribution is -1.96. The van der Waals surface area contributed by atoms with Crippen molar-refractivity contribution in [3.63, 3.8) is 0 Å². The summed E-state index contributed by atoms with van der Waals surface area (Å²) < 4.78 is 2.39. The number of aromatic nitrogens is 4. The lowest BCUT2D eigenvalue weighted by atomic mass is 9.98. The van der Waals surface area contributed by atoms with Crippen LogP contribution in [0.3, 0.4) is 0 Å². The third-order valence-corrected chi connectivity index (χ3v) is 11.0. The van der Waals surface area contributed by atoms with Gasteiger partial charge in [-0.05, 0) is 46.8 Å². The van der Waals surface area contributed by atoms with E-state index in [9.17, 15) is 0 Å². The van der Waals surface area contributed by atoms with E-state index in [2.05, 4.69) is 174 Å². The lowest BCUT2D eigenvalue weighted by molar-refractivity contribution is 1.18. The molecule has 0 aliphatic carbocycles. The Morgan fingerprint density at radius 1 is 0.316 bits per heavy atom. The highest BCUT2D eigenvalue weighted by Gasteiger charge is 2.20. The van der Waals surface area contributed by atoms with Crippen LogP contribution in [0.2, 0.25) is 0 Å². The number of benzene rings is 8. The van der Waals surface area contributed by atoms with Crippen LogP contribution in [0.5, 0.6) is 0 Å². The van der Waals surface area contributed by atoms with Crippen LogP contribution >= 0.6 is 0 Å². The van der Waals surface area contributed by atoms with Gasteiger partial charge in [-0.25, -0.2) is 15.0 Å². The van der Waals surface area contributed by atoms with Gasteiger partial charge >= 0.3 is 0 Å². The third-order valence-electron chi connectivity index (χ3n) is 11.0. The smallest absolute Gasteiger partial charge is 0.160 e. The summed E-state index contributed by atoms with van der Waals surface area (Å²) in [5.41, 5.74) is 13.6. The number of fused-ring (bicyclic) bond motifs is 7. The Bertz CT molecular complexity index is 3190. The summed E-state index contributed by atoms with van der Waals surface area (Å²) in [6.07, 6.45) is 0. The number of rotatable bonds is 6. The summed E-state index contributed by atoms with van der Waals surface area (Å²) in [6, 6.07) is 72.6. The lowest BCUT2D eigenvalue weighted by Gasteiger charge is -2.13. The normalized spacial score (nSPS) is 11.5. The Morgan fingerprint density at radius 2 is 0.842 bits per heavy atom. The van der Waals surface area contributed by atoms with Crippen LogP contribution in [0.1, 0.15) is 0 Å². The first-order valence-corrected chi connectivity index (χ1v) is 19.3. The van der Waals surface area contributed by atoms with E-state index in [0.29, 0.717) is 5.82 Å². The van der Waals surface area contributed by atoms with Crippen molar-refractivity contribution in [1.82, 2.24) is 19.5 Å². The van der Waals surface area contributed by atoms with Gasteiger partial charge in [0.25, 0.3) is 0 Å². The van der Waals surface area contributed by atoms with Crippen molar-refractivity contribution in [2.24, 2.45) is 0 Å². The first-order chi connectivity index (χ1) is 28.3. The number of pyridine rings is 1. The molecule has 0 saturated heterocycles. The molecule has 0 atom stereocenters. The molecule has 3 aromatic heterocycles. The topological polar surface area (TPSA) is 43.6 Å². The third kappa shape index (κ3) is 5.66. The monoisotopic (exact) mass is 726 g/mol. The van der Waals surface area contributed by atoms with Gasteiger partial charge in [0.2, 0.25) is 0 Å². The maximum Gasteiger partial charge on any atom is 0.160 e. The summed E-state index contributed by atoms with van der Waals surface area (Å²) in [4.78, 5) is 15.6. The van der Waals surface area contributed by atoms with E-state index in [1.54, 1.807) is 0 Å². The summed E-state index contributed by atoms with van der Waals surface area (Å²) in [7, 11) is 0. The second kappa shape index (κ2) is 13.6. The molecule has 0 amide bonds. The molecule has 0 bridgehead atoms. The number of nitrogens with zero attached hydrogens (tertiary/aromatic N) is 4. The van der Waals surface area contributed by atoms with Crippen molar-refractivity contribution < 1.29 is 0 Å². The molecular weight excluding hydrogens is 693 g/mol. The number of hydrogen-bond donors (Lipinski definition) is 0. The summed E-state index contributed by atoms with van der Waals surface area (Å²) in [5.74, 6) is 0.710. The van der Waals surface area contributed by atoms with Crippen molar-refractivity contribution in [3.05, 3.63) is 206 Å². The van der Waals surface area contributed by atoms with Crippen molar-refractivity contribution >= 4 is 43.5 Å². The number of para-hydroxylation sites is 1. The fourth-order valence-corrected chi connectivity index (χ4v) is 8.26. The first-order valence-electron chi connectivity index (χ1n) is 19.3. The molecule has 0 N–H and O–H groups in total. The summed E-state index contributed by atoms with van der Waals surface area (Å²) in [5, 5.41) is 5.85. The Morgan fingerprint density at radius 3 is 1.53 bits per heavy atom. The SMILES string of the molecule is c1ccc(-c2cc(-c3ccc(-c4ccc5c(c4)c4ccc6c7ccccc7c(-c7ccccc7)nc6c4n5-c4ccccc4)cc3)nc(-c3ccccc3)n2)cc1. The van der Waals surface area contributed by atoms with Gasteiger partial charge in [0.1, 0.15) is 0 Å². The zero-order valence-electron chi connectivity index (χ0n) is 30.9. The van der Waals surface area contributed by atoms with Crippen molar-refractivity contribution in [3.8, 4) is 62.0 Å². The van der Waals surface area contributed by atoms with Gasteiger partial charge in [0.15, 0.2) is 5.82 Å². The van der Waals surface area contributed by atoms with Gasteiger partial charge < -0.3 is 4.57 Å². The molecule has 57 heavy (non-hydrogen) atoms. The van der Waals surface area contributed by atoms with Crippen molar-refractivity contribution in [1.29, 1.82) is 0 Å². The second-order valence-corrected chi connectivity index (χ2v) is 14.4. The fraction of sp³-hybridized carbons (Fsp3) is 0. The highest BCUT2D eigenvalue weighted by molar-refractivity contribution is 6.23. The van der Waals surface area contributed by atoms with Gasteiger partial charge in [-0.15, -0.1) is 0 Å². The van der Waals surface area contributed by atoms with Crippen LogP contribution < -0.4 is 0 Å². The van der Waals surface area contributed by atoms with E-state index in [-0.39, 0.29) is 0 Å². The molecule has 0 saturated carbocycles. The predicted octanol–water partition coefficient (Wildman–Crippen LogP) is 13.6. The minimum absolute atomic E-state index is 0.710. The molecule has 4 nitrogen and oxygen atoms in total. The van der Waals surface area contributed by atoms with E-state index < -0.39 is 0 Å². The summed E-state index contributed by atoms with van der Waals surface area (Å²) >= 11 is 0. The van der Waals surface area contributed by atoms with E-state index in [0.717, 1.165) is 83.5 Å². The van der Waals surface area contributed by atoms with Crippen LogP contribution in [0.15, 0.2) is 206 Å². The van der Waals surface area contributed by atoms with Crippen LogP contribution in [0.4, 0.5) is 0 Å². The molecule has 11 aromatic rings. The van der Waals surface area contributed by atoms with Crippen LogP contribution in [0, 0.1) is 0 Å². The second-order valence-electron chi connectivity index (χ2n) is 14.4. The quantitative estimate of drug-likeness (QED) is 0.160. The van der Waals surface area contributed by atoms with Gasteiger partial charge in [-0.1, -0.05) is 176 Å². The minimum atomic E-state index is 0.710. The molecule has 266 valence electrons. The van der Waals surface area contributed by atoms with E-state index >= 15 is 0 Å². The highest BCUT2D eigenvalue weighted by Crippen LogP contribution is 2.41. The molecule has 0 unspecified atom stereocenters. The van der Waals surface area contributed by atoms with Crippen LogP contribution in [0.25, 0.3) is 105 Å². The molecule has 3 heterocycles. The van der Waals surface area contributed by atoms with Gasteiger partial charge in [0, 0.05) is 49.5 Å². The zero-order valence-corrected chi connectivity index (χ0v) is 30.9. The Hall–Kier alpha value is -7.69. The number of hydrogen-bond acceptors (Lipinski definition) is 3. The molecule has 4 heteroatoms. The predicted molar refractivity (Wildman–Crippen MR) is 236 cm³/mol. The average Bonchev–Trinajstić information content (AvgIpc) is 3.64. The van der Waals surface area contributed by atoms with Crippen LogP contribution in [-0.4, -0.2) is 19.5 Å². The molecule has 0 aliphatic rings. The Labute approximate surface area is 330 Å². The maximum atomic E-state index is 5.52. The molecule has 8 aromatic carbocycles. The largest absolute Gasteiger partial charge is 0.307 e. The average molecular weight is 727 g/mol. The highest BCUT2D eigenvalue weighted by atomic mass is 15.0. The molecular formula is C53H34N4. The Balaban J connectivity index is 1.08. The van der Waals surface area contributed by atoms with Gasteiger partial charge in [-0.3, -0.25) is 0 Å².